The number of hydrogen-bond donors (Lipinski definition) is 2. The number of fused-ring (bicyclic) bond motifs is 3. The Morgan fingerprint density at radius 2 is 2.13 bits per heavy atom. The average molecular weight is 411 g/mol. The molecule has 0 spiro atoms. The third-order valence-electron chi connectivity index (χ3n) is 5.93. The number of ether oxygens (including phenoxy) is 1. The van der Waals surface area contributed by atoms with Crippen LogP contribution in [0.4, 0.5) is 4.39 Å². The first-order valence-electron chi connectivity index (χ1n) is 10.2. The summed E-state index contributed by atoms with van der Waals surface area (Å²) in [6.45, 7) is 4.41. The number of aryl methyl sites for hydroxylation is 3. The zero-order valence-electron chi connectivity index (χ0n) is 17.5. The molecule has 1 aromatic carbocycles. The summed E-state index contributed by atoms with van der Waals surface area (Å²) in [5, 5.41) is 3.90. The van der Waals surface area contributed by atoms with E-state index < -0.39 is 0 Å². The number of carbonyl (C=O) groups is 1. The molecule has 4 rings (SSSR count). The van der Waals surface area contributed by atoms with E-state index in [0.717, 1.165) is 47.1 Å². The monoisotopic (exact) mass is 411 g/mol. The number of pyridine rings is 1. The van der Waals surface area contributed by atoms with Crippen LogP contribution in [0.25, 0.3) is 10.9 Å². The van der Waals surface area contributed by atoms with Gasteiger partial charge in [0.15, 0.2) is 0 Å². The Balaban J connectivity index is 1.68. The van der Waals surface area contributed by atoms with Gasteiger partial charge in [-0.1, -0.05) is 0 Å². The van der Waals surface area contributed by atoms with Crippen LogP contribution in [0.15, 0.2) is 29.1 Å². The number of nitrogens with one attached hydrogen (secondary N) is 2. The lowest BCUT2D eigenvalue weighted by molar-refractivity contribution is 0.0928. The van der Waals surface area contributed by atoms with E-state index in [-0.39, 0.29) is 28.9 Å². The SMILES string of the molecule is COCCn1c(C)cc(C)c(C(=O)NC2CCCc3c2[nH]c2ccc(F)cc32)c1=O. The predicted molar refractivity (Wildman–Crippen MR) is 113 cm³/mol. The third-order valence-corrected chi connectivity index (χ3v) is 5.93. The molecule has 2 aromatic heterocycles. The highest BCUT2D eigenvalue weighted by molar-refractivity contribution is 5.96. The van der Waals surface area contributed by atoms with Gasteiger partial charge in [-0.15, -0.1) is 0 Å². The maximum atomic E-state index is 13.7. The smallest absolute Gasteiger partial charge is 0.263 e. The average Bonchev–Trinajstić information content (AvgIpc) is 3.06. The van der Waals surface area contributed by atoms with Crippen molar-refractivity contribution in [3.8, 4) is 0 Å². The molecule has 158 valence electrons. The zero-order chi connectivity index (χ0) is 21.4. The van der Waals surface area contributed by atoms with Gasteiger partial charge in [-0.25, -0.2) is 4.39 Å². The molecule has 1 amide bonds. The quantitative estimate of drug-likeness (QED) is 0.674. The van der Waals surface area contributed by atoms with Crippen LogP contribution in [0.1, 0.15) is 51.8 Å². The van der Waals surface area contributed by atoms with Crippen LogP contribution in [-0.2, 0) is 17.7 Å². The van der Waals surface area contributed by atoms with Crippen molar-refractivity contribution in [1.29, 1.82) is 0 Å². The number of halogens is 1. The summed E-state index contributed by atoms with van der Waals surface area (Å²) >= 11 is 0. The van der Waals surface area contributed by atoms with Crippen LogP contribution in [0, 0.1) is 19.7 Å². The first-order chi connectivity index (χ1) is 14.4. The number of methoxy groups -OCH3 is 1. The van der Waals surface area contributed by atoms with Crippen molar-refractivity contribution in [2.45, 2.75) is 45.7 Å². The van der Waals surface area contributed by atoms with Crippen LogP contribution < -0.4 is 10.9 Å². The van der Waals surface area contributed by atoms with Crippen molar-refractivity contribution in [3.05, 3.63) is 68.5 Å². The highest BCUT2D eigenvalue weighted by Gasteiger charge is 2.27. The summed E-state index contributed by atoms with van der Waals surface area (Å²) in [6, 6.07) is 6.29. The van der Waals surface area contributed by atoms with Crippen molar-refractivity contribution in [3.63, 3.8) is 0 Å². The van der Waals surface area contributed by atoms with Gasteiger partial charge in [0.1, 0.15) is 11.4 Å². The maximum Gasteiger partial charge on any atom is 0.263 e. The summed E-state index contributed by atoms with van der Waals surface area (Å²) in [6.07, 6.45) is 2.47. The number of hydrogen-bond acceptors (Lipinski definition) is 3. The molecule has 6 nitrogen and oxygen atoms in total. The molecule has 0 aliphatic heterocycles. The molecule has 0 saturated carbocycles. The first kappa shape index (κ1) is 20.3. The number of rotatable bonds is 5. The zero-order valence-corrected chi connectivity index (χ0v) is 17.5. The number of benzene rings is 1. The van der Waals surface area contributed by atoms with Crippen molar-refractivity contribution in [1.82, 2.24) is 14.9 Å². The minimum absolute atomic E-state index is 0.158. The van der Waals surface area contributed by atoms with E-state index in [1.807, 2.05) is 13.0 Å². The van der Waals surface area contributed by atoms with E-state index in [1.165, 1.54) is 12.1 Å². The fourth-order valence-corrected chi connectivity index (χ4v) is 4.47. The van der Waals surface area contributed by atoms with Crippen LogP contribution in [0.3, 0.4) is 0 Å². The molecule has 2 N–H and O–H groups in total. The molecular weight excluding hydrogens is 385 g/mol. The van der Waals surface area contributed by atoms with Gasteiger partial charge in [0, 0.05) is 35.9 Å². The van der Waals surface area contributed by atoms with Gasteiger partial charge in [0.25, 0.3) is 11.5 Å². The largest absolute Gasteiger partial charge is 0.383 e. The number of aromatic nitrogens is 2. The van der Waals surface area contributed by atoms with Gasteiger partial charge < -0.3 is 19.6 Å². The Bertz CT molecular complexity index is 1180. The van der Waals surface area contributed by atoms with Crippen LogP contribution in [0.2, 0.25) is 0 Å². The second-order valence-corrected chi connectivity index (χ2v) is 7.92. The Hall–Kier alpha value is -2.93. The van der Waals surface area contributed by atoms with Crippen LogP contribution in [-0.4, -0.2) is 29.2 Å². The van der Waals surface area contributed by atoms with Crippen molar-refractivity contribution >= 4 is 16.8 Å². The summed E-state index contributed by atoms with van der Waals surface area (Å²) in [7, 11) is 1.58. The molecule has 0 radical (unpaired) electrons. The van der Waals surface area contributed by atoms with Crippen molar-refractivity contribution in [2.24, 2.45) is 0 Å². The van der Waals surface area contributed by atoms with Gasteiger partial charge in [-0.05, 0) is 68.5 Å². The Morgan fingerprint density at radius 1 is 1.33 bits per heavy atom. The van der Waals surface area contributed by atoms with Gasteiger partial charge >= 0.3 is 0 Å². The van der Waals surface area contributed by atoms with Gasteiger partial charge in [-0.2, -0.15) is 0 Å². The summed E-state index contributed by atoms with van der Waals surface area (Å²) in [5.74, 6) is -0.659. The number of H-pyrrole nitrogens is 1. The van der Waals surface area contributed by atoms with Crippen LogP contribution in [0.5, 0.6) is 0 Å². The fourth-order valence-electron chi connectivity index (χ4n) is 4.47. The molecule has 1 unspecified atom stereocenters. The van der Waals surface area contributed by atoms with Gasteiger partial charge in [0.05, 0.1) is 12.6 Å². The minimum atomic E-state index is -0.383. The Labute approximate surface area is 174 Å². The normalized spacial score (nSPS) is 15.9. The summed E-state index contributed by atoms with van der Waals surface area (Å²) in [5.41, 5.74) is 4.10. The topological polar surface area (TPSA) is 76.1 Å². The number of amides is 1. The van der Waals surface area contributed by atoms with Crippen molar-refractivity contribution < 1.29 is 13.9 Å². The van der Waals surface area contributed by atoms with Crippen LogP contribution >= 0.6 is 0 Å². The lowest BCUT2D eigenvalue weighted by atomic mass is 9.91. The van der Waals surface area contributed by atoms with Gasteiger partial charge in [-0.3, -0.25) is 9.59 Å². The molecule has 2 heterocycles. The molecule has 3 aromatic rings. The molecule has 1 aliphatic carbocycles. The molecule has 0 fully saturated rings. The molecule has 1 atom stereocenters. The second kappa shape index (κ2) is 8.07. The summed E-state index contributed by atoms with van der Waals surface area (Å²) in [4.78, 5) is 29.5. The van der Waals surface area contributed by atoms with Gasteiger partial charge in [0.2, 0.25) is 0 Å². The van der Waals surface area contributed by atoms with E-state index in [4.69, 9.17) is 4.74 Å². The number of aromatic amines is 1. The highest BCUT2D eigenvalue weighted by atomic mass is 19.1. The van der Waals surface area contributed by atoms with E-state index in [2.05, 4.69) is 10.3 Å². The minimum Gasteiger partial charge on any atom is -0.383 e. The van der Waals surface area contributed by atoms with E-state index in [9.17, 15) is 14.0 Å². The van der Waals surface area contributed by atoms with E-state index >= 15 is 0 Å². The molecular formula is C23H26FN3O3. The Kier molecular flexibility index (Phi) is 5.47. The standard InChI is InChI=1S/C23H26FN3O3/c1-13-11-14(2)27(9-10-30-3)23(29)20(13)22(28)26-19-6-4-5-16-17-12-15(24)7-8-18(17)25-21(16)19/h7-8,11-12,19,25H,4-6,9-10H2,1-3H3,(H,26,28). The first-order valence-corrected chi connectivity index (χ1v) is 10.2. The predicted octanol–water partition coefficient (Wildman–Crippen LogP) is 3.54. The molecule has 0 saturated heterocycles. The third kappa shape index (κ3) is 3.54. The molecule has 1 aliphatic rings. The molecule has 7 heteroatoms. The second-order valence-electron chi connectivity index (χ2n) is 7.92. The maximum absolute atomic E-state index is 13.7. The lowest BCUT2D eigenvalue weighted by Gasteiger charge is -2.24. The fraction of sp³-hybridized carbons (Fsp3) is 0.391. The molecule has 0 bridgehead atoms. The number of carbonyl (C=O) groups excluding carboxylic acids is 1. The van der Waals surface area contributed by atoms with E-state index in [1.54, 1.807) is 24.7 Å². The Morgan fingerprint density at radius 3 is 2.90 bits per heavy atom. The summed E-state index contributed by atoms with van der Waals surface area (Å²) < 4.78 is 20.4. The number of nitrogens with zero attached hydrogens (tertiary/aromatic N) is 1. The lowest BCUT2D eigenvalue weighted by Crippen LogP contribution is -2.38. The molecule has 30 heavy (non-hydrogen) atoms. The van der Waals surface area contributed by atoms with E-state index in [0.29, 0.717) is 18.7 Å². The van der Waals surface area contributed by atoms with Crippen molar-refractivity contribution in [2.75, 3.05) is 13.7 Å². The highest BCUT2D eigenvalue weighted by Crippen LogP contribution is 2.35.